The highest BCUT2D eigenvalue weighted by Crippen LogP contribution is 2.30. The van der Waals surface area contributed by atoms with Crippen molar-refractivity contribution in [3.63, 3.8) is 0 Å². The average Bonchev–Trinajstić information content (AvgIpc) is 2.46. The van der Waals surface area contributed by atoms with Gasteiger partial charge in [0.15, 0.2) is 0 Å². The van der Waals surface area contributed by atoms with Gasteiger partial charge in [0, 0.05) is 11.6 Å². The van der Waals surface area contributed by atoms with Gasteiger partial charge in [0.1, 0.15) is 0 Å². The maximum atomic E-state index is 12.0. The van der Waals surface area contributed by atoms with E-state index in [1.54, 1.807) is 24.3 Å². The first kappa shape index (κ1) is 13.4. The fourth-order valence-electron chi connectivity index (χ4n) is 2.77. The Labute approximate surface area is 122 Å². The Morgan fingerprint density at radius 2 is 1.90 bits per heavy atom. The SMILES string of the molecule is CC1Cc2c(cccc2-c2cccc(C(=O)O)c2)C(=O)N1. The second kappa shape index (κ2) is 5.05. The lowest BCUT2D eigenvalue weighted by Gasteiger charge is -2.25. The lowest BCUT2D eigenvalue weighted by molar-refractivity contribution is 0.0696. The zero-order chi connectivity index (χ0) is 15.0. The van der Waals surface area contributed by atoms with Crippen LogP contribution in [0.15, 0.2) is 42.5 Å². The lowest BCUT2D eigenvalue weighted by atomic mass is 9.88. The minimum atomic E-state index is -0.951. The number of amides is 1. The van der Waals surface area contributed by atoms with Gasteiger partial charge in [0.05, 0.1) is 5.56 Å². The minimum absolute atomic E-state index is 0.0695. The van der Waals surface area contributed by atoms with Crippen LogP contribution in [0.5, 0.6) is 0 Å². The number of carboxylic acids is 1. The molecule has 0 saturated heterocycles. The quantitative estimate of drug-likeness (QED) is 0.889. The number of carbonyl (C=O) groups excluding carboxylic acids is 1. The predicted molar refractivity (Wildman–Crippen MR) is 79.5 cm³/mol. The first-order valence-corrected chi connectivity index (χ1v) is 6.83. The highest BCUT2D eigenvalue weighted by atomic mass is 16.4. The highest BCUT2D eigenvalue weighted by molar-refractivity contribution is 5.99. The van der Waals surface area contributed by atoms with Gasteiger partial charge >= 0.3 is 5.97 Å². The zero-order valence-electron chi connectivity index (χ0n) is 11.6. The molecule has 2 aromatic rings. The molecule has 2 N–H and O–H groups in total. The molecule has 0 saturated carbocycles. The monoisotopic (exact) mass is 281 g/mol. The van der Waals surface area contributed by atoms with Crippen molar-refractivity contribution in [1.29, 1.82) is 0 Å². The fraction of sp³-hybridized carbons (Fsp3) is 0.176. The highest BCUT2D eigenvalue weighted by Gasteiger charge is 2.24. The van der Waals surface area contributed by atoms with E-state index in [0.29, 0.717) is 5.56 Å². The third-order valence-corrected chi connectivity index (χ3v) is 3.73. The maximum Gasteiger partial charge on any atom is 0.335 e. The molecular weight excluding hydrogens is 266 g/mol. The van der Waals surface area contributed by atoms with E-state index in [4.69, 9.17) is 5.11 Å². The van der Waals surface area contributed by atoms with E-state index in [1.165, 1.54) is 0 Å². The van der Waals surface area contributed by atoms with Gasteiger partial charge in [-0.2, -0.15) is 0 Å². The Balaban J connectivity index is 2.16. The summed E-state index contributed by atoms with van der Waals surface area (Å²) >= 11 is 0. The van der Waals surface area contributed by atoms with Crippen LogP contribution >= 0.6 is 0 Å². The number of carbonyl (C=O) groups is 2. The smallest absolute Gasteiger partial charge is 0.335 e. The second-order valence-electron chi connectivity index (χ2n) is 5.30. The molecule has 0 spiro atoms. The fourth-order valence-corrected chi connectivity index (χ4v) is 2.77. The normalized spacial score (nSPS) is 17.0. The van der Waals surface area contributed by atoms with Crippen molar-refractivity contribution >= 4 is 11.9 Å². The van der Waals surface area contributed by atoms with Crippen LogP contribution in [0, 0.1) is 0 Å². The summed E-state index contributed by atoms with van der Waals surface area (Å²) in [6.07, 6.45) is 0.745. The van der Waals surface area contributed by atoms with Crippen LogP contribution in [-0.2, 0) is 6.42 Å². The van der Waals surface area contributed by atoms with Gasteiger partial charge in [-0.15, -0.1) is 0 Å². The predicted octanol–water partition coefficient (Wildman–Crippen LogP) is 2.73. The summed E-state index contributed by atoms with van der Waals surface area (Å²) in [5, 5.41) is 12.0. The molecule has 1 unspecified atom stereocenters. The van der Waals surface area contributed by atoms with Crippen LogP contribution in [0.4, 0.5) is 0 Å². The van der Waals surface area contributed by atoms with Gasteiger partial charge < -0.3 is 10.4 Å². The van der Waals surface area contributed by atoms with Gasteiger partial charge in [0.2, 0.25) is 0 Å². The Morgan fingerprint density at radius 1 is 1.19 bits per heavy atom. The molecule has 1 aliphatic heterocycles. The molecule has 1 atom stereocenters. The van der Waals surface area contributed by atoms with Crippen molar-refractivity contribution in [2.75, 3.05) is 0 Å². The number of aromatic carboxylic acids is 1. The summed E-state index contributed by atoms with van der Waals surface area (Å²) in [4.78, 5) is 23.2. The Hall–Kier alpha value is -2.62. The standard InChI is InChI=1S/C17H15NO3/c1-10-8-15-13(6-3-7-14(15)16(19)18-10)11-4-2-5-12(9-11)17(20)21/h2-7,9-10H,8H2,1H3,(H,18,19)(H,20,21). The Morgan fingerprint density at radius 3 is 2.67 bits per heavy atom. The summed E-state index contributed by atoms with van der Waals surface area (Å²) in [6.45, 7) is 1.96. The van der Waals surface area contributed by atoms with Crippen LogP contribution in [0.2, 0.25) is 0 Å². The van der Waals surface area contributed by atoms with Crippen LogP contribution in [-0.4, -0.2) is 23.0 Å². The van der Waals surface area contributed by atoms with Crippen LogP contribution in [0.25, 0.3) is 11.1 Å². The first-order valence-electron chi connectivity index (χ1n) is 6.83. The number of benzene rings is 2. The third kappa shape index (κ3) is 2.40. The van der Waals surface area contributed by atoms with E-state index in [0.717, 1.165) is 23.1 Å². The molecule has 0 fully saturated rings. The molecule has 1 amide bonds. The second-order valence-corrected chi connectivity index (χ2v) is 5.30. The molecule has 3 rings (SSSR count). The molecule has 106 valence electrons. The molecule has 0 aromatic heterocycles. The van der Waals surface area contributed by atoms with Gasteiger partial charge in [-0.1, -0.05) is 24.3 Å². The number of hydrogen-bond donors (Lipinski definition) is 2. The topological polar surface area (TPSA) is 66.4 Å². The molecule has 2 aromatic carbocycles. The molecule has 0 radical (unpaired) electrons. The van der Waals surface area contributed by atoms with Crippen LogP contribution < -0.4 is 5.32 Å². The summed E-state index contributed by atoms with van der Waals surface area (Å²) in [7, 11) is 0. The average molecular weight is 281 g/mol. The number of carboxylic acid groups (broad SMARTS) is 1. The minimum Gasteiger partial charge on any atom is -0.478 e. The van der Waals surface area contributed by atoms with E-state index in [2.05, 4.69) is 5.32 Å². The molecule has 21 heavy (non-hydrogen) atoms. The van der Waals surface area contributed by atoms with E-state index in [9.17, 15) is 9.59 Å². The third-order valence-electron chi connectivity index (χ3n) is 3.73. The summed E-state index contributed by atoms with van der Waals surface area (Å²) in [5.74, 6) is -1.02. The van der Waals surface area contributed by atoms with E-state index >= 15 is 0 Å². The maximum absolute atomic E-state index is 12.0. The van der Waals surface area contributed by atoms with E-state index < -0.39 is 5.97 Å². The number of hydrogen-bond acceptors (Lipinski definition) is 2. The van der Waals surface area contributed by atoms with Gasteiger partial charge in [-0.25, -0.2) is 4.79 Å². The Kier molecular flexibility index (Phi) is 3.22. The first-order chi connectivity index (χ1) is 10.1. The number of rotatable bonds is 2. The summed E-state index contributed by atoms with van der Waals surface area (Å²) in [5.41, 5.74) is 3.66. The Bertz CT molecular complexity index is 737. The molecule has 0 bridgehead atoms. The van der Waals surface area contributed by atoms with Crippen molar-refractivity contribution in [3.05, 3.63) is 59.2 Å². The summed E-state index contributed by atoms with van der Waals surface area (Å²) in [6, 6.07) is 12.5. The lowest BCUT2D eigenvalue weighted by Crippen LogP contribution is -2.39. The van der Waals surface area contributed by atoms with Gasteiger partial charge in [-0.3, -0.25) is 4.79 Å². The molecule has 1 aliphatic rings. The van der Waals surface area contributed by atoms with Crippen molar-refractivity contribution in [2.24, 2.45) is 0 Å². The molecule has 4 heteroatoms. The van der Waals surface area contributed by atoms with Gasteiger partial charge in [0.25, 0.3) is 5.91 Å². The van der Waals surface area contributed by atoms with Crippen molar-refractivity contribution in [3.8, 4) is 11.1 Å². The van der Waals surface area contributed by atoms with E-state index in [1.807, 2.05) is 25.1 Å². The number of fused-ring (bicyclic) bond motifs is 1. The summed E-state index contributed by atoms with van der Waals surface area (Å²) < 4.78 is 0. The van der Waals surface area contributed by atoms with E-state index in [-0.39, 0.29) is 17.5 Å². The molecule has 0 aliphatic carbocycles. The largest absolute Gasteiger partial charge is 0.478 e. The molecule has 4 nitrogen and oxygen atoms in total. The van der Waals surface area contributed by atoms with Crippen molar-refractivity contribution in [2.45, 2.75) is 19.4 Å². The van der Waals surface area contributed by atoms with Crippen molar-refractivity contribution < 1.29 is 14.7 Å². The van der Waals surface area contributed by atoms with Crippen LogP contribution in [0.3, 0.4) is 0 Å². The number of nitrogens with one attached hydrogen (secondary N) is 1. The van der Waals surface area contributed by atoms with Crippen LogP contribution in [0.1, 0.15) is 33.2 Å². The van der Waals surface area contributed by atoms with Crippen molar-refractivity contribution in [1.82, 2.24) is 5.32 Å². The van der Waals surface area contributed by atoms with Gasteiger partial charge in [-0.05, 0) is 48.2 Å². The molecular formula is C17H15NO3. The molecule has 1 heterocycles. The zero-order valence-corrected chi connectivity index (χ0v) is 11.6.